The molecule has 10 heteroatoms. The molecule has 38 heavy (non-hydrogen) atoms. The zero-order chi connectivity index (χ0) is 26.8. The molecule has 0 saturated carbocycles. The van der Waals surface area contributed by atoms with Gasteiger partial charge in [0.05, 0.1) is 22.7 Å². The van der Waals surface area contributed by atoms with Crippen LogP contribution in [0.15, 0.2) is 76.4 Å². The summed E-state index contributed by atoms with van der Waals surface area (Å²) in [6, 6.07) is 21.2. The predicted octanol–water partition coefficient (Wildman–Crippen LogP) is 7.18. The number of aromatic hydroxyl groups is 1. The fourth-order valence-corrected chi connectivity index (χ4v) is 6.06. The third-order valence-electron chi connectivity index (χ3n) is 5.85. The molecular formula is C28H24BrN5O2S2. The average molecular weight is 607 g/mol. The van der Waals surface area contributed by atoms with Gasteiger partial charge in [-0.25, -0.2) is 4.98 Å². The van der Waals surface area contributed by atoms with Gasteiger partial charge in [-0.3, -0.25) is 9.36 Å². The van der Waals surface area contributed by atoms with Crippen molar-refractivity contribution in [2.24, 2.45) is 0 Å². The van der Waals surface area contributed by atoms with Crippen LogP contribution in [0.4, 0.5) is 5.13 Å². The first-order valence-corrected chi connectivity index (χ1v) is 14.4. The number of hydrogen-bond acceptors (Lipinski definition) is 7. The van der Waals surface area contributed by atoms with Crippen LogP contribution >= 0.6 is 39.0 Å². The second-order valence-electron chi connectivity index (χ2n) is 8.72. The first kappa shape index (κ1) is 26.1. The van der Waals surface area contributed by atoms with E-state index in [0.717, 1.165) is 37.4 Å². The van der Waals surface area contributed by atoms with Gasteiger partial charge in [0.15, 0.2) is 16.1 Å². The molecule has 5 rings (SSSR count). The molecule has 0 bridgehead atoms. The summed E-state index contributed by atoms with van der Waals surface area (Å²) < 4.78 is 2.69. The zero-order valence-corrected chi connectivity index (χ0v) is 24.1. The summed E-state index contributed by atoms with van der Waals surface area (Å²) in [5.74, 6) is 0.508. The topological polar surface area (TPSA) is 92.9 Å². The zero-order valence-electron chi connectivity index (χ0n) is 20.9. The molecule has 0 atom stereocenters. The van der Waals surface area contributed by atoms with Crippen LogP contribution in [-0.2, 0) is 4.79 Å². The summed E-state index contributed by atoms with van der Waals surface area (Å²) >= 11 is 6.20. The van der Waals surface area contributed by atoms with Crippen LogP contribution in [0.1, 0.15) is 16.0 Å². The van der Waals surface area contributed by atoms with E-state index in [1.807, 2.05) is 67.8 Å². The van der Waals surface area contributed by atoms with Gasteiger partial charge in [0.1, 0.15) is 5.75 Å². The maximum Gasteiger partial charge on any atom is 0.236 e. The van der Waals surface area contributed by atoms with Gasteiger partial charge >= 0.3 is 0 Å². The van der Waals surface area contributed by atoms with Gasteiger partial charge in [-0.1, -0.05) is 75.7 Å². The summed E-state index contributed by atoms with van der Waals surface area (Å²) in [6.45, 7) is 6.05. The van der Waals surface area contributed by atoms with Crippen molar-refractivity contribution in [3.05, 3.63) is 87.2 Å². The molecule has 0 fully saturated rings. The van der Waals surface area contributed by atoms with E-state index in [0.29, 0.717) is 21.7 Å². The van der Waals surface area contributed by atoms with Crippen LogP contribution in [0.3, 0.4) is 0 Å². The number of phenols is 1. The number of nitrogens with zero attached hydrogens (tertiary/aromatic N) is 4. The first-order valence-electron chi connectivity index (χ1n) is 11.8. The summed E-state index contributed by atoms with van der Waals surface area (Å²) in [4.78, 5) is 18.6. The van der Waals surface area contributed by atoms with Crippen molar-refractivity contribution in [2.45, 2.75) is 25.9 Å². The minimum atomic E-state index is -0.189. The van der Waals surface area contributed by atoms with Gasteiger partial charge < -0.3 is 10.4 Å². The number of halogens is 1. The molecule has 2 N–H and O–H groups in total. The molecule has 0 saturated heterocycles. The van der Waals surface area contributed by atoms with Crippen molar-refractivity contribution in [3.63, 3.8) is 0 Å². The number of amides is 1. The Labute approximate surface area is 237 Å². The molecular weight excluding hydrogens is 582 g/mol. The number of phenolic OH excluding ortho intramolecular Hbond substituents is 1. The highest BCUT2D eigenvalue weighted by atomic mass is 79.9. The third-order valence-corrected chi connectivity index (χ3v) is 8.16. The standard InChI is InChI=1S/C28H24BrN5O2S2/c1-16-9-11-22(17(2)13-16)34-26(21-14-20(29)10-12-23(21)35)32-33-28(34)37-15-24(36)30-27-31-25(18(3)38-27)19-7-5-4-6-8-19/h4-14,35H,15H2,1-3H3,(H,30,31,36). The lowest BCUT2D eigenvalue weighted by Gasteiger charge is -2.14. The number of carbonyl (C=O) groups excluding carboxylic acids is 1. The van der Waals surface area contributed by atoms with Gasteiger partial charge in [0.2, 0.25) is 5.91 Å². The summed E-state index contributed by atoms with van der Waals surface area (Å²) in [6.07, 6.45) is 0. The third kappa shape index (κ3) is 5.52. The molecule has 2 heterocycles. The Kier molecular flexibility index (Phi) is 7.64. The Balaban J connectivity index is 1.41. The van der Waals surface area contributed by atoms with E-state index in [1.54, 1.807) is 18.2 Å². The van der Waals surface area contributed by atoms with Crippen molar-refractivity contribution in [1.29, 1.82) is 0 Å². The van der Waals surface area contributed by atoms with Crippen LogP contribution in [-0.4, -0.2) is 36.5 Å². The fraction of sp³-hybridized carbons (Fsp3) is 0.143. The highest BCUT2D eigenvalue weighted by Crippen LogP contribution is 2.36. The highest BCUT2D eigenvalue weighted by Gasteiger charge is 2.21. The van der Waals surface area contributed by atoms with E-state index < -0.39 is 0 Å². The van der Waals surface area contributed by atoms with Crippen molar-refractivity contribution in [1.82, 2.24) is 19.7 Å². The van der Waals surface area contributed by atoms with Gasteiger partial charge in [-0.05, 0) is 50.6 Å². The van der Waals surface area contributed by atoms with Crippen molar-refractivity contribution >= 4 is 50.1 Å². The number of carbonyl (C=O) groups is 1. The molecule has 7 nitrogen and oxygen atoms in total. The second kappa shape index (κ2) is 11.1. The Morgan fingerprint density at radius 3 is 2.61 bits per heavy atom. The van der Waals surface area contributed by atoms with Crippen LogP contribution in [0.2, 0.25) is 0 Å². The number of aromatic nitrogens is 4. The van der Waals surface area contributed by atoms with E-state index in [1.165, 1.54) is 23.1 Å². The fourth-order valence-electron chi connectivity index (χ4n) is 4.10. The minimum absolute atomic E-state index is 0.0919. The SMILES string of the molecule is Cc1ccc(-n2c(SCC(=O)Nc3nc(-c4ccccc4)c(C)s3)nnc2-c2cc(Br)ccc2O)c(C)c1. The van der Waals surface area contributed by atoms with Crippen LogP contribution in [0.5, 0.6) is 5.75 Å². The Morgan fingerprint density at radius 2 is 1.84 bits per heavy atom. The van der Waals surface area contributed by atoms with E-state index in [4.69, 9.17) is 0 Å². The number of anilines is 1. The number of thiazole rings is 1. The van der Waals surface area contributed by atoms with Crippen LogP contribution in [0, 0.1) is 20.8 Å². The molecule has 5 aromatic rings. The second-order valence-corrected chi connectivity index (χ2v) is 11.8. The Morgan fingerprint density at radius 1 is 1.05 bits per heavy atom. The molecule has 0 aliphatic heterocycles. The van der Waals surface area contributed by atoms with Gasteiger partial charge in [-0.2, -0.15) is 0 Å². The Bertz CT molecular complexity index is 1630. The molecule has 3 aromatic carbocycles. The van der Waals surface area contributed by atoms with Gasteiger partial charge in [0.25, 0.3) is 0 Å². The lowest BCUT2D eigenvalue weighted by atomic mass is 10.1. The minimum Gasteiger partial charge on any atom is -0.507 e. The summed E-state index contributed by atoms with van der Waals surface area (Å²) in [5, 5.41) is 23.4. The maximum absolute atomic E-state index is 12.9. The van der Waals surface area contributed by atoms with Crippen LogP contribution < -0.4 is 5.32 Å². The van der Waals surface area contributed by atoms with E-state index in [9.17, 15) is 9.90 Å². The molecule has 0 unspecified atom stereocenters. The maximum atomic E-state index is 12.9. The monoisotopic (exact) mass is 605 g/mol. The number of aryl methyl sites for hydroxylation is 3. The molecule has 0 radical (unpaired) electrons. The molecule has 1 amide bonds. The lowest BCUT2D eigenvalue weighted by Crippen LogP contribution is -2.14. The smallest absolute Gasteiger partial charge is 0.236 e. The van der Waals surface area contributed by atoms with Crippen molar-refractivity contribution in [2.75, 3.05) is 11.1 Å². The molecule has 2 aromatic heterocycles. The largest absolute Gasteiger partial charge is 0.507 e. The number of benzene rings is 3. The van der Waals surface area contributed by atoms with E-state index >= 15 is 0 Å². The molecule has 0 aliphatic carbocycles. The van der Waals surface area contributed by atoms with Gasteiger partial charge in [-0.15, -0.1) is 21.5 Å². The lowest BCUT2D eigenvalue weighted by molar-refractivity contribution is -0.113. The first-order chi connectivity index (χ1) is 18.3. The number of rotatable bonds is 7. The number of thioether (sulfide) groups is 1. The molecule has 192 valence electrons. The van der Waals surface area contributed by atoms with Crippen molar-refractivity contribution in [3.8, 4) is 34.1 Å². The predicted molar refractivity (Wildman–Crippen MR) is 157 cm³/mol. The normalized spacial score (nSPS) is 11.1. The Hall–Kier alpha value is -3.47. The summed E-state index contributed by atoms with van der Waals surface area (Å²) in [5.41, 5.74) is 5.45. The quantitative estimate of drug-likeness (QED) is 0.191. The highest BCUT2D eigenvalue weighted by molar-refractivity contribution is 9.10. The molecule has 0 spiro atoms. The number of hydrogen-bond donors (Lipinski definition) is 2. The van der Waals surface area contributed by atoms with Crippen LogP contribution in [0.25, 0.3) is 28.3 Å². The number of nitrogens with one attached hydrogen (secondary N) is 1. The van der Waals surface area contributed by atoms with Crippen molar-refractivity contribution < 1.29 is 9.90 Å². The van der Waals surface area contributed by atoms with E-state index in [-0.39, 0.29) is 17.4 Å². The summed E-state index contributed by atoms with van der Waals surface area (Å²) in [7, 11) is 0. The van der Waals surface area contributed by atoms with Gasteiger partial charge in [0, 0.05) is 14.9 Å². The van der Waals surface area contributed by atoms with E-state index in [2.05, 4.69) is 42.5 Å². The molecule has 0 aliphatic rings. The average Bonchev–Trinajstić information content (AvgIpc) is 3.47.